The van der Waals surface area contributed by atoms with Crippen molar-refractivity contribution in [2.24, 2.45) is 0 Å². The summed E-state index contributed by atoms with van der Waals surface area (Å²) in [4.78, 5) is 14.8. The number of amides is 1. The van der Waals surface area contributed by atoms with Crippen LogP contribution < -0.4 is 4.74 Å². The van der Waals surface area contributed by atoms with Crippen LogP contribution in [0.1, 0.15) is 35.2 Å². The smallest absolute Gasteiger partial charge is 0.416 e. The van der Waals surface area contributed by atoms with Gasteiger partial charge in [0.15, 0.2) is 0 Å². The van der Waals surface area contributed by atoms with E-state index in [0.29, 0.717) is 38.2 Å². The van der Waals surface area contributed by atoms with Crippen molar-refractivity contribution in [1.29, 1.82) is 5.26 Å². The molecule has 0 aromatic heterocycles. The largest absolute Gasteiger partial charge is 0.457 e. The van der Waals surface area contributed by atoms with E-state index in [1.54, 1.807) is 23.1 Å². The van der Waals surface area contributed by atoms with Crippen LogP contribution in [0.25, 0.3) is 0 Å². The van der Waals surface area contributed by atoms with Crippen molar-refractivity contribution in [3.05, 3.63) is 59.7 Å². The van der Waals surface area contributed by atoms with Crippen molar-refractivity contribution < 1.29 is 27.4 Å². The normalized spacial score (nSPS) is 14.7. The van der Waals surface area contributed by atoms with Gasteiger partial charge in [-0.25, -0.2) is 0 Å². The van der Waals surface area contributed by atoms with Gasteiger partial charge in [0.05, 0.1) is 18.1 Å². The van der Waals surface area contributed by atoms with Crippen molar-refractivity contribution in [2.45, 2.75) is 31.5 Å². The number of rotatable bonds is 6. The van der Waals surface area contributed by atoms with Gasteiger partial charge in [0.2, 0.25) is 0 Å². The molecule has 1 aliphatic rings. The molecule has 0 atom stereocenters. The predicted molar refractivity (Wildman–Crippen MR) is 103 cm³/mol. The zero-order chi connectivity index (χ0) is 21.6. The molecule has 0 N–H and O–H groups in total. The average molecular weight is 418 g/mol. The first kappa shape index (κ1) is 21.7. The molecule has 8 heteroatoms. The summed E-state index contributed by atoms with van der Waals surface area (Å²) < 4.78 is 49.6. The molecule has 0 aliphatic carbocycles. The molecular formula is C22H21F3N2O3. The zero-order valence-electron chi connectivity index (χ0n) is 16.2. The molecule has 0 unspecified atom stereocenters. The number of nitriles is 1. The Morgan fingerprint density at radius 2 is 1.80 bits per heavy atom. The van der Waals surface area contributed by atoms with E-state index in [1.165, 1.54) is 18.2 Å². The van der Waals surface area contributed by atoms with Crippen LogP contribution in [0.2, 0.25) is 0 Å². The zero-order valence-corrected chi connectivity index (χ0v) is 16.2. The highest BCUT2D eigenvalue weighted by Gasteiger charge is 2.31. The lowest BCUT2D eigenvalue weighted by Crippen LogP contribution is -2.43. The third-order valence-electron chi connectivity index (χ3n) is 4.84. The fraction of sp³-hybridized carbons (Fsp3) is 0.364. The molecule has 0 saturated carbocycles. The molecule has 158 valence electrons. The summed E-state index contributed by atoms with van der Waals surface area (Å²) in [5.41, 5.74) is -0.460. The van der Waals surface area contributed by atoms with Crippen LogP contribution in [0.15, 0.2) is 48.5 Å². The van der Waals surface area contributed by atoms with Crippen molar-refractivity contribution in [2.75, 3.05) is 19.8 Å². The second-order valence-electron chi connectivity index (χ2n) is 6.91. The predicted octanol–water partition coefficient (Wildman–Crippen LogP) is 5.03. The summed E-state index contributed by atoms with van der Waals surface area (Å²) in [6.07, 6.45) is -2.87. The molecular weight excluding hydrogens is 397 g/mol. The molecule has 1 heterocycles. The third kappa shape index (κ3) is 5.51. The molecule has 1 aliphatic heterocycles. The van der Waals surface area contributed by atoms with Crippen LogP contribution >= 0.6 is 0 Å². The van der Waals surface area contributed by atoms with E-state index in [2.05, 4.69) is 6.07 Å². The molecule has 5 nitrogen and oxygen atoms in total. The monoisotopic (exact) mass is 418 g/mol. The Morgan fingerprint density at radius 3 is 2.47 bits per heavy atom. The summed E-state index contributed by atoms with van der Waals surface area (Å²) in [5.74, 6) is 0.0409. The molecule has 0 spiro atoms. The molecule has 1 amide bonds. The van der Waals surface area contributed by atoms with Crippen molar-refractivity contribution in [1.82, 2.24) is 4.90 Å². The van der Waals surface area contributed by atoms with Crippen molar-refractivity contribution >= 4 is 5.91 Å². The minimum atomic E-state index is -4.47. The summed E-state index contributed by atoms with van der Waals surface area (Å²) in [5, 5.41) is 8.94. The second-order valence-corrected chi connectivity index (χ2v) is 6.91. The number of benzene rings is 2. The maximum absolute atomic E-state index is 13.1. The highest BCUT2D eigenvalue weighted by molar-refractivity contribution is 5.94. The quantitative estimate of drug-likeness (QED) is 0.660. The molecule has 3 rings (SSSR count). The lowest BCUT2D eigenvalue weighted by Gasteiger charge is -2.34. The number of carbonyl (C=O) groups is 1. The van der Waals surface area contributed by atoms with E-state index in [4.69, 9.17) is 14.7 Å². The Hall–Kier alpha value is -3.05. The lowest BCUT2D eigenvalue weighted by atomic mass is 10.0. The first-order chi connectivity index (χ1) is 14.4. The number of alkyl halides is 3. The van der Waals surface area contributed by atoms with Crippen LogP contribution in [0, 0.1) is 11.3 Å². The molecule has 1 saturated heterocycles. The summed E-state index contributed by atoms with van der Waals surface area (Å²) in [7, 11) is 0. The Kier molecular flexibility index (Phi) is 6.95. The van der Waals surface area contributed by atoms with Gasteiger partial charge in [-0.1, -0.05) is 12.1 Å². The Labute approximate surface area is 172 Å². The van der Waals surface area contributed by atoms with Crippen LogP contribution in [0.4, 0.5) is 13.2 Å². The average Bonchev–Trinajstić information content (AvgIpc) is 2.74. The standard InChI is InChI=1S/C22H21F3N2O3/c23-22(24,25)17-5-2-7-20(15-17)30-19-6-1-4-16(14-19)21(28)27(11-3-10-26)18-8-12-29-13-9-18/h1-2,4-7,14-15,18H,3,8-9,11-13H2. The third-order valence-corrected chi connectivity index (χ3v) is 4.84. The van der Waals surface area contributed by atoms with E-state index in [0.717, 1.165) is 12.1 Å². The lowest BCUT2D eigenvalue weighted by molar-refractivity contribution is -0.137. The van der Waals surface area contributed by atoms with Crippen LogP contribution in [-0.2, 0) is 10.9 Å². The molecule has 2 aromatic carbocycles. The van der Waals surface area contributed by atoms with Gasteiger partial charge >= 0.3 is 6.18 Å². The molecule has 2 aromatic rings. The number of carbonyl (C=O) groups excluding carboxylic acids is 1. The van der Waals surface area contributed by atoms with Crippen molar-refractivity contribution in [3.8, 4) is 17.6 Å². The second kappa shape index (κ2) is 9.63. The van der Waals surface area contributed by atoms with Crippen molar-refractivity contribution in [3.63, 3.8) is 0 Å². The van der Waals surface area contributed by atoms with E-state index in [9.17, 15) is 18.0 Å². The maximum atomic E-state index is 13.1. The van der Waals surface area contributed by atoms with Crippen LogP contribution in [-0.4, -0.2) is 36.6 Å². The molecule has 0 bridgehead atoms. The molecule has 0 radical (unpaired) electrons. The fourth-order valence-corrected chi connectivity index (χ4v) is 3.35. The Morgan fingerprint density at radius 1 is 1.13 bits per heavy atom. The number of halogens is 3. The first-order valence-electron chi connectivity index (χ1n) is 9.59. The van der Waals surface area contributed by atoms with Gasteiger partial charge in [0.1, 0.15) is 11.5 Å². The number of nitrogens with zero attached hydrogens (tertiary/aromatic N) is 2. The molecule has 30 heavy (non-hydrogen) atoms. The molecule has 1 fully saturated rings. The Bertz CT molecular complexity index is 918. The summed E-state index contributed by atoms with van der Waals surface area (Å²) in [6, 6.07) is 12.9. The minimum absolute atomic E-state index is 0.0207. The van der Waals surface area contributed by atoms with Gasteiger partial charge in [0.25, 0.3) is 5.91 Å². The summed E-state index contributed by atoms with van der Waals surface area (Å²) in [6.45, 7) is 1.41. The highest BCUT2D eigenvalue weighted by Crippen LogP contribution is 2.33. The number of ether oxygens (including phenoxy) is 2. The number of hydrogen-bond acceptors (Lipinski definition) is 4. The summed E-state index contributed by atoms with van der Waals surface area (Å²) >= 11 is 0. The van der Waals surface area contributed by atoms with Gasteiger partial charge < -0.3 is 14.4 Å². The van der Waals surface area contributed by atoms with Gasteiger partial charge in [-0.2, -0.15) is 18.4 Å². The van der Waals surface area contributed by atoms with E-state index in [1.807, 2.05) is 0 Å². The maximum Gasteiger partial charge on any atom is 0.416 e. The van der Waals surface area contributed by atoms with Crippen LogP contribution in [0.3, 0.4) is 0 Å². The number of hydrogen-bond donors (Lipinski definition) is 0. The fourth-order valence-electron chi connectivity index (χ4n) is 3.35. The SMILES string of the molecule is N#CCCN(C(=O)c1cccc(Oc2cccc(C(F)(F)F)c2)c1)C1CCOCC1. The van der Waals surface area contributed by atoms with Gasteiger partial charge in [-0.3, -0.25) is 4.79 Å². The highest BCUT2D eigenvalue weighted by atomic mass is 19.4. The van der Waals surface area contributed by atoms with Gasteiger partial charge in [0, 0.05) is 31.4 Å². The topological polar surface area (TPSA) is 62.6 Å². The first-order valence-corrected chi connectivity index (χ1v) is 9.59. The van der Waals surface area contributed by atoms with Crippen LogP contribution in [0.5, 0.6) is 11.5 Å². The minimum Gasteiger partial charge on any atom is -0.457 e. The van der Waals surface area contributed by atoms with E-state index >= 15 is 0 Å². The van der Waals surface area contributed by atoms with Gasteiger partial charge in [-0.15, -0.1) is 0 Å². The van der Waals surface area contributed by atoms with E-state index in [-0.39, 0.29) is 29.9 Å². The van der Waals surface area contributed by atoms with Gasteiger partial charge in [-0.05, 0) is 49.2 Å². The Balaban J connectivity index is 1.79. The van der Waals surface area contributed by atoms with E-state index < -0.39 is 11.7 Å².